The molecule has 0 unspecified atom stereocenters. The zero-order chi connectivity index (χ0) is 14.2. The number of carbonyl (C=O) groups is 1. The molecule has 0 radical (unpaired) electrons. The van der Waals surface area contributed by atoms with E-state index in [2.05, 4.69) is 17.0 Å². The highest BCUT2D eigenvalue weighted by Crippen LogP contribution is 2.28. The van der Waals surface area contributed by atoms with Crippen LogP contribution in [-0.2, 0) is 0 Å². The Kier molecular flexibility index (Phi) is 6.36. The second-order valence-corrected chi connectivity index (χ2v) is 6.51. The highest BCUT2D eigenvalue weighted by Gasteiger charge is 2.08. The number of rotatable bonds is 5. The van der Waals surface area contributed by atoms with E-state index in [4.69, 9.17) is 0 Å². The molecule has 0 bridgehead atoms. The molecule has 0 heterocycles. The van der Waals surface area contributed by atoms with Gasteiger partial charge in [-0.25, -0.2) is 0 Å². The lowest BCUT2D eigenvalue weighted by Crippen LogP contribution is -2.07. The van der Waals surface area contributed by atoms with Gasteiger partial charge in [-0.05, 0) is 11.6 Å². The van der Waals surface area contributed by atoms with Crippen LogP contribution in [-0.4, -0.2) is 16.7 Å². The lowest BCUT2D eigenvalue weighted by Gasteiger charge is -2.10. The van der Waals surface area contributed by atoms with E-state index in [0.29, 0.717) is 0 Å². The van der Waals surface area contributed by atoms with Crippen molar-refractivity contribution in [3.63, 3.8) is 0 Å². The van der Waals surface area contributed by atoms with Gasteiger partial charge in [0.25, 0.3) is 5.24 Å². The van der Waals surface area contributed by atoms with Gasteiger partial charge in [0.1, 0.15) is 0 Å². The molecule has 1 amide bonds. The van der Waals surface area contributed by atoms with Crippen molar-refractivity contribution < 1.29 is 4.79 Å². The first-order valence-corrected chi connectivity index (χ1v) is 9.18. The fraction of sp³-hybridized carbons (Fsp3) is 0.133. The van der Waals surface area contributed by atoms with E-state index in [1.807, 2.05) is 54.6 Å². The summed E-state index contributed by atoms with van der Waals surface area (Å²) >= 11 is 5.34. The number of hydrogen-bond donors (Lipinski definition) is 2. The van der Waals surface area contributed by atoms with Gasteiger partial charge in [-0.15, -0.1) is 11.7 Å². The molecule has 1 N–H and O–H groups in total. The van der Waals surface area contributed by atoms with E-state index < -0.39 is 0 Å². The van der Waals surface area contributed by atoms with Gasteiger partial charge in [0.15, 0.2) is 0 Å². The van der Waals surface area contributed by atoms with Crippen molar-refractivity contribution in [2.75, 3.05) is 16.8 Å². The SMILES string of the molecule is O=C(Nc1ccccc1-c1ccccc1)SCCSS. The predicted octanol–water partition coefficient (Wildman–Crippen LogP) is 5.20. The Bertz CT molecular complexity index is 560. The predicted molar refractivity (Wildman–Crippen MR) is 94.8 cm³/mol. The minimum absolute atomic E-state index is 0.0317. The van der Waals surface area contributed by atoms with Crippen LogP contribution in [0.2, 0.25) is 0 Å². The average molecular weight is 321 g/mol. The van der Waals surface area contributed by atoms with Crippen molar-refractivity contribution >= 4 is 45.1 Å². The molecule has 0 saturated carbocycles. The minimum atomic E-state index is -0.0317. The molecule has 20 heavy (non-hydrogen) atoms. The number of para-hydroxylation sites is 1. The fourth-order valence-corrected chi connectivity index (χ4v) is 3.45. The zero-order valence-corrected chi connectivity index (χ0v) is 13.3. The number of nitrogens with one attached hydrogen (secondary N) is 1. The lowest BCUT2D eigenvalue weighted by atomic mass is 10.0. The number of anilines is 1. The third-order valence-corrected chi connectivity index (χ3v) is 4.62. The Hall–Kier alpha value is -1.04. The summed E-state index contributed by atoms with van der Waals surface area (Å²) in [6, 6.07) is 17.9. The average Bonchev–Trinajstić information content (AvgIpc) is 2.49. The quantitative estimate of drug-likeness (QED) is 0.451. The molecule has 0 aliphatic carbocycles. The van der Waals surface area contributed by atoms with E-state index in [-0.39, 0.29) is 5.24 Å². The van der Waals surface area contributed by atoms with Crippen LogP contribution in [0.1, 0.15) is 0 Å². The van der Waals surface area contributed by atoms with E-state index in [9.17, 15) is 4.79 Å². The van der Waals surface area contributed by atoms with Crippen molar-refractivity contribution in [2.45, 2.75) is 0 Å². The van der Waals surface area contributed by atoms with Gasteiger partial charge in [-0.3, -0.25) is 4.79 Å². The Labute approximate surface area is 132 Å². The Morgan fingerprint density at radius 1 is 1.00 bits per heavy atom. The molecule has 2 nitrogen and oxygen atoms in total. The van der Waals surface area contributed by atoms with E-state index in [0.717, 1.165) is 28.3 Å². The van der Waals surface area contributed by atoms with Crippen LogP contribution >= 0.6 is 34.2 Å². The maximum Gasteiger partial charge on any atom is 0.283 e. The van der Waals surface area contributed by atoms with Gasteiger partial charge in [-0.2, -0.15) is 0 Å². The first-order chi connectivity index (χ1) is 9.81. The van der Waals surface area contributed by atoms with E-state index in [1.54, 1.807) is 0 Å². The Morgan fingerprint density at radius 3 is 2.45 bits per heavy atom. The van der Waals surface area contributed by atoms with Crippen molar-refractivity contribution in [3.05, 3.63) is 54.6 Å². The molecule has 0 spiro atoms. The van der Waals surface area contributed by atoms with Crippen molar-refractivity contribution in [3.8, 4) is 11.1 Å². The number of thioether (sulfide) groups is 1. The van der Waals surface area contributed by atoms with Crippen LogP contribution in [0.5, 0.6) is 0 Å². The van der Waals surface area contributed by atoms with E-state index >= 15 is 0 Å². The summed E-state index contributed by atoms with van der Waals surface area (Å²) in [7, 11) is 1.44. The number of hydrogen-bond acceptors (Lipinski definition) is 4. The molecule has 0 aliphatic heterocycles. The van der Waals surface area contributed by atoms with Crippen molar-refractivity contribution in [1.82, 2.24) is 0 Å². The van der Waals surface area contributed by atoms with Crippen LogP contribution in [0.4, 0.5) is 10.5 Å². The fourth-order valence-electron chi connectivity index (χ4n) is 1.78. The summed E-state index contributed by atoms with van der Waals surface area (Å²) in [6.45, 7) is 0. The van der Waals surface area contributed by atoms with Crippen LogP contribution in [0.15, 0.2) is 54.6 Å². The molecule has 2 rings (SSSR count). The molecule has 5 heteroatoms. The summed E-state index contributed by atoms with van der Waals surface area (Å²) in [6.07, 6.45) is 0. The second kappa shape index (κ2) is 8.29. The maximum absolute atomic E-state index is 11.9. The highest BCUT2D eigenvalue weighted by atomic mass is 33.1. The normalized spacial score (nSPS) is 10.2. The summed E-state index contributed by atoms with van der Waals surface area (Å²) in [5.41, 5.74) is 2.97. The number of thiol groups is 1. The van der Waals surface area contributed by atoms with Crippen molar-refractivity contribution in [2.24, 2.45) is 0 Å². The molecular weight excluding hydrogens is 306 g/mol. The number of benzene rings is 2. The summed E-state index contributed by atoms with van der Waals surface area (Å²) in [5.74, 6) is 1.61. The van der Waals surface area contributed by atoms with Crippen LogP contribution in [0.3, 0.4) is 0 Å². The maximum atomic E-state index is 11.9. The second-order valence-electron chi connectivity index (χ2n) is 4.01. The molecule has 0 fully saturated rings. The Morgan fingerprint density at radius 2 is 1.70 bits per heavy atom. The number of amides is 1. The third kappa shape index (κ3) is 4.51. The molecule has 0 aromatic heterocycles. The smallest absolute Gasteiger partial charge is 0.283 e. The van der Waals surface area contributed by atoms with Gasteiger partial charge >= 0.3 is 0 Å². The summed E-state index contributed by atoms with van der Waals surface area (Å²) in [5, 5.41) is 2.93. The first kappa shape index (κ1) is 15.4. The molecule has 2 aromatic carbocycles. The molecule has 0 atom stereocenters. The summed E-state index contributed by atoms with van der Waals surface area (Å²) in [4.78, 5) is 11.9. The van der Waals surface area contributed by atoms with Crippen LogP contribution in [0, 0.1) is 0 Å². The molecule has 2 aromatic rings. The van der Waals surface area contributed by atoms with Gasteiger partial charge in [-0.1, -0.05) is 71.1 Å². The molecular formula is C15H15NOS3. The molecule has 104 valence electrons. The van der Waals surface area contributed by atoms with Crippen LogP contribution < -0.4 is 5.32 Å². The van der Waals surface area contributed by atoms with Crippen molar-refractivity contribution in [1.29, 1.82) is 0 Å². The third-order valence-electron chi connectivity index (χ3n) is 2.66. The largest absolute Gasteiger partial charge is 0.316 e. The summed E-state index contributed by atoms with van der Waals surface area (Å²) < 4.78 is 0. The number of carbonyl (C=O) groups excluding carboxylic acids is 1. The van der Waals surface area contributed by atoms with Gasteiger partial charge in [0.05, 0.1) is 0 Å². The van der Waals surface area contributed by atoms with E-state index in [1.165, 1.54) is 22.6 Å². The van der Waals surface area contributed by atoms with Gasteiger partial charge in [0, 0.05) is 22.8 Å². The zero-order valence-electron chi connectivity index (χ0n) is 10.8. The standard InChI is InChI=1S/C15H15NOS3/c17-15(19-10-11-20-18)16-14-9-5-4-8-13(14)12-6-2-1-3-7-12/h1-9,18H,10-11H2,(H,16,17). The van der Waals surface area contributed by atoms with Gasteiger partial charge in [0.2, 0.25) is 0 Å². The van der Waals surface area contributed by atoms with Gasteiger partial charge < -0.3 is 5.32 Å². The molecule has 0 aliphatic rings. The minimum Gasteiger partial charge on any atom is -0.316 e. The Balaban J connectivity index is 2.11. The highest BCUT2D eigenvalue weighted by molar-refractivity contribution is 8.68. The molecule has 0 saturated heterocycles. The van der Waals surface area contributed by atoms with Crippen LogP contribution in [0.25, 0.3) is 11.1 Å². The monoisotopic (exact) mass is 321 g/mol. The topological polar surface area (TPSA) is 29.1 Å². The first-order valence-electron chi connectivity index (χ1n) is 6.16. The lowest BCUT2D eigenvalue weighted by molar-refractivity contribution is 0.270.